The number of hydrogen-bond donors (Lipinski definition) is 2. The Morgan fingerprint density at radius 3 is 2.54 bits per heavy atom. The molecule has 0 saturated heterocycles. The topological polar surface area (TPSA) is 76.7 Å². The standard InChI is InChI=1S/C19H21N3O2/c1-19(2,3)24-18(23)21-15-8-5-12(6-9-15)16-10-13-4-7-14(20)11-17(13)22-16/h4-9,11H,10,20H2,1-3H3,(H,21,23). The van der Waals surface area contributed by atoms with E-state index in [2.05, 4.69) is 10.3 Å². The van der Waals surface area contributed by atoms with Crippen LogP contribution in [0, 0.1) is 0 Å². The van der Waals surface area contributed by atoms with Crippen LogP contribution >= 0.6 is 0 Å². The summed E-state index contributed by atoms with van der Waals surface area (Å²) in [5.41, 5.74) is 10.8. The number of aliphatic imine (C=N–C) groups is 1. The Labute approximate surface area is 141 Å². The van der Waals surface area contributed by atoms with E-state index in [0.717, 1.165) is 29.1 Å². The smallest absolute Gasteiger partial charge is 0.412 e. The number of nitrogen functional groups attached to an aromatic ring is 1. The third kappa shape index (κ3) is 3.74. The average molecular weight is 323 g/mol. The van der Waals surface area contributed by atoms with Crippen LogP contribution in [0.5, 0.6) is 0 Å². The lowest BCUT2D eigenvalue weighted by molar-refractivity contribution is 0.0636. The Bertz CT molecular complexity index is 802. The lowest BCUT2D eigenvalue weighted by Crippen LogP contribution is -2.27. The van der Waals surface area contributed by atoms with E-state index in [1.165, 1.54) is 5.56 Å². The summed E-state index contributed by atoms with van der Waals surface area (Å²) < 4.78 is 5.24. The number of nitrogens with zero attached hydrogens (tertiary/aromatic N) is 1. The van der Waals surface area contributed by atoms with Crippen molar-refractivity contribution in [1.29, 1.82) is 0 Å². The average Bonchev–Trinajstić information content (AvgIpc) is 2.89. The van der Waals surface area contributed by atoms with Gasteiger partial charge >= 0.3 is 6.09 Å². The van der Waals surface area contributed by atoms with E-state index in [1.807, 2.05) is 63.2 Å². The number of fused-ring (bicyclic) bond motifs is 1. The van der Waals surface area contributed by atoms with E-state index in [4.69, 9.17) is 10.5 Å². The predicted molar refractivity (Wildman–Crippen MR) is 97.1 cm³/mol. The summed E-state index contributed by atoms with van der Waals surface area (Å²) in [7, 11) is 0. The Kier molecular flexibility index (Phi) is 4.01. The van der Waals surface area contributed by atoms with Crippen LogP contribution in [0.2, 0.25) is 0 Å². The van der Waals surface area contributed by atoms with Crippen molar-refractivity contribution in [2.24, 2.45) is 4.99 Å². The first kappa shape index (κ1) is 16.1. The van der Waals surface area contributed by atoms with Crippen molar-refractivity contribution < 1.29 is 9.53 Å². The highest BCUT2D eigenvalue weighted by molar-refractivity contribution is 6.07. The number of ether oxygens (including phenoxy) is 1. The van der Waals surface area contributed by atoms with Gasteiger partial charge in [-0.25, -0.2) is 4.79 Å². The minimum Gasteiger partial charge on any atom is -0.444 e. The van der Waals surface area contributed by atoms with Gasteiger partial charge in [0.1, 0.15) is 5.60 Å². The number of anilines is 2. The Morgan fingerprint density at radius 2 is 1.88 bits per heavy atom. The highest BCUT2D eigenvalue weighted by atomic mass is 16.6. The van der Waals surface area contributed by atoms with Gasteiger partial charge in [-0.05, 0) is 56.2 Å². The van der Waals surface area contributed by atoms with Gasteiger partial charge in [0, 0.05) is 17.8 Å². The van der Waals surface area contributed by atoms with Crippen molar-refractivity contribution in [3.8, 4) is 0 Å². The molecule has 1 heterocycles. The lowest BCUT2D eigenvalue weighted by Gasteiger charge is -2.19. The zero-order valence-corrected chi connectivity index (χ0v) is 14.1. The first-order chi connectivity index (χ1) is 11.3. The molecule has 0 spiro atoms. The Morgan fingerprint density at radius 1 is 1.17 bits per heavy atom. The highest BCUT2D eigenvalue weighted by Gasteiger charge is 2.18. The molecule has 1 aliphatic rings. The molecule has 3 rings (SSSR count). The molecule has 2 aromatic rings. The molecule has 0 unspecified atom stereocenters. The molecule has 5 heteroatoms. The molecular weight excluding hydrogens is 302 g/mol. The fourth-order valence-corrected chi connectivity index (χ4v) is 2.53. The van der Waals surface area contributed by atoms with Gasteiger partial charge in [0.25, 0.3) is 0 Å². The fraction of sp³-hybridized carbons (Fsp3) is 0.263. The number of rotatable bonds is 2. The lowest BCUT2D eigenvalue weighted by atomic mass is 10.0. The van der Waals surface area contributed by atoms with Crippen LogP contribution < -0.4 is 11.1 Å². The van der Waals surface area contributed by atoms with Gasteiger partial charge in [0.05, 0.1) is 11.4 Å². The van der Waals surface area contributed by atoms with Crippen molar-refractivity contribution in [2.75, 3.05) is 11.1 Å². The zero-order chi connectivity index (χ0) is 17.3. The summed E-state index contributed by atoms with van der Waals surface area (Å²) in [6.07, 6.45) is 0.324. The second-order valence-electron chi connectivity index (χ2n) is 6.83. The fourth-order valence-electron chi connectivity index (χ4n) is 2.53. The second-order valence-corrected chi connectivity index (χ2v) is 6.83. The molecule has 0 aliphatic carbocycles. The maximum absolute atomic E-state index is 11.8. The molecule has 0 bridgehead atoms. The molecule has 0 fully saturated rings. The molecule has 3 N–H and O–H groups in total. The van der Waals surface area contributed by atoms with Crippen LogP contribution in [0.15, 0.2) is 47.5 Å². The van der Waals surface area contributed by atoms with Crippen LogP contribution in [0.25, 0.3) is 0 Å². The molecule has 24 heavy (non-hydrogen) atoms. The third-order valence-corrected chi connectivity index (χ3v) is 3.59. The SMILES string of the molecule is CC(C)(C)OC(=O)Nc1ccc(C2=Nc3cc(N)ccc3C2)cc1. The molecule has 0 radical (unpaired) electrons. The number of carbonyl (C=O) groups is 1. The molecule has 1 aliphatic heterocycles. The van der Waals surface area contributed by atoms with E-state index in [0.29, 0.717) is 5.69 Å². The normalized spacial score (nSPS) is 13.2. The van der Waals surface area contributed by atoms with Crippen molar-refractivity contribution in [1.82, 2.24) is 0 Å². The number of benzene rings is 2. The predicted octanol–water partition coefficient (Wildman–Crippen LogP) is 4.29. The van der Waals surface area contributed by atoms with Gasteiger partial charge in [-0.1, -0.05) is 18.2 Å². The van der Waals surface area contributed by atoms with E-state index in [9.17, 15) is 4.79 Å². The molecule has 0 aromatic heterocycles. The van der Waals surface area contributed by atoms with Crippen molar-refractivity contribution in [3.63, 3.8) is 0 Å². The van der Waals surface area contributed by atoms with Crippen molar-refractivity contribution >= 4 is 28.9 Å². The highest BCUT2D eigenvalue weighted by Crippen LogP contribution is 2.30. The number of hydrogen-bond acceptors (Lipinski definition) is 4. The monoisotopic (exact) mass is 323 g/mol. The number of nitrogens with two attached hydrogens (primary N) is 1. The maximum Gasteiger partial charge on any atom is 0.412 e. The minimum absolute atomic E-state index is 0.462. The molecule has 0 saturated carbocycles. The van der Waals surface area contributed by atoms with Gasteiger partial charge in [-0.15, -0.1) is 0 Å². The zero-order valence-electron chi connectivity index (χ0n) is 14.1. The summed E-state index contributed by atoms with van der Waals surface area (Å²) in [5.74, 6) is 0. The first-order valence-corrected chi connectivity index (χ1v) is 7.86. The van der Waals surface area contributed by atoms with Crippen LogP contribution in [-0.2, 0) is 11.2 Å². The van der Waals surface area contributed by atoms with Gasteiger partial charge in [-0.3, -0.25) is 10.3 Å². The molecule has 124 valence electrons. The maximum atomic E-state index is 11.8. The van der Waals surface area contributed by atoms with Crippen LogP contribution in [-0.4, -0.2) is 17.4 Å². The van der Waals surface area contributed by atoms with Gasteiger partial charge in [-0.2, -0.15) is 0 Å². The number of carbonyl (C=O) groups excluding carboxylic acids is 1. The van der Waals surface area contributed by atoms with E-state index in [1.54, 1.807) is 0 Å². The third-order valence-electron chi connectivity index (χ3n) is 3.59. The van der Waals surface area contributed by atoms with E-state index in [-0.39, 0.29) is 0 Å². The van der Waals surface area contributed by atoms with Gasteiger partial charge in [0.15, 0.2) is 0 Å². The quantitative estimate of drug-likeness (QED) is 0.809. The Hall–Kier alpha value is -2.82. The van der Waals surface area contributed by atoms with Crippen LogP contribution in [0.3, 0.4) is 0 Å². The van der Waals surface area contributed by atoms with Gasteiger partial charge < -0.3 is 10.5 Å². The minimum atomic E-state index is -0.518. The summed E-state index contributed by atoms with van der Waals surface area (Å²) in [6.45, 7) is 5.50. The molecule has 2 aromatic carbocycles. The Balaban J connectivity index is 1.70. The number of amides is 1. The van der Waals surface area contributed by atoms with Crippen LogP contribution in [0.1, 0.15) is 31.9 Å². The van der Waals surface area contributed by atoms with Crippen molar-refractivity contribution in [3.05, 3.63) is 53.6 Å². The second kappa shape index (κ2) is 6.00. The summed E-state index contributed by atoms with van der Waals surface area (Å²) in [4.78, 5) is 16.4. The molecular formula is C19H21N3O2. The number of nitrogens with one attached hydrogen (secondary N) is 1. The summed E-state index contributed by atoms with van der Waals surface area (Å²) in [6, 6.07) is 13.4. The first-order valence-electron chi connectivity index (χ1n) is 7.86. The summed E-state index contributed by atoms with van der Waals surface area (Å²) in [5, 5.41) is 2.72. The van der Waals surface area contributed by atoms with Crippen molar-refractivity contribution in [2.45, 2.75) is 32.8 Å². The van der Waals surface area contributed by atoms with E-state index >= 15 is 0 Å². The largest absolute Gasteiger partial charge is 0.444 e. The van der Waals surface area contributed by atoms with Gasteiger partial charge in [0.2, 0.25) is 0 Å². The molecule has 1 amide bonds. The van der Waals surface area contributed by atoms with Crippen LogP contribution in [0.4, 0.5) is 21.9 Å². The molecule has 5 nitrogen and oxygen atoms in total. The molecule has 0 atom stereocenters. The summed E-state index contributed by atoms with van der Waals surface area (Å²) >= 11 is 0. The van der Waals surface area contributed by atoms with E-state index < -0.39 is 11.7 Å².